The maximum absolute atomic E-state index is 11.8. The summed E-state index contributed by atoms with van der Waals surface area (Å²) in [5.74, 6) is -0.0721. The summed E-state index contributed by atoms with van der Waals surface area (Å²) in [6, 6.07) is 10.6. The van der Waals surface area contributed by atoms with Crippen molar-refractivity contribution in [1.82, 2.24) is 5.32 Å². The third-order valence-electron chi connectivity index (χ3n) is 3.67. The fourth-order valence-electron chi connectivity index (χ4n) is 2.54. The number of hydrogen-bond acceptors (Lipinski definition) is 3. The van der Waals surface area contributed by atoms with E-state index in [2.05, 4.69) is 17.4 Å². The molecule has 1 aromatic carbocycles. The van der Waals surface area contributed by atoms with Gasteiger partial charge >= 0.3 is 5.97 Å². The zero-order valence-electron chi connectivity index (χ0n) is 11.6. The van der Waals surface area contributed by atoms with Crippen LogP contribution in [0.2, 0.25) is 0 Å². The largest absolute Gasteiger partial charge is 0.461 e. The monoisotopic (exact) mass is 261 g/mol. The molecule has 0 spiro atoms. The fraction of sp³-hybridized carbons (Fsp3) is 0.562. The first-order valence-corrected chi connectivity index (χ1v) is 7.22. The van der Waals surface area contributed by atoms with E-state index < -0.39 is 0 Å². The fourth-order valence-corrected chi connectivity index (χ4v) is 2.54. The first kappa shape index (κ1) is 14.1. The van der Waals surface area contributed by atoms with E-state index in [1.165, 1.54) is 12.0 Å². The third kappa shape index (κ3) is 4.67. The van der Waals surface area contributed by atoms with Crippen LogP contribution in [-0.2, 0) is 16.0 Å². The highest BCUT2D eigenvalue weighted by Crippen LogP contribution is 2.13. The highest BCUT2D eigenvalue weighted by atomic mass is 16.5. The molecule has 1 aliphatic rings. The molecule has 0 aromatic heterocycles. The Labute approximate surface area is 115 Å². The SMILES string of the molecule is CC(OC(=O)CCCc1ccccc1)C1CCCN1. The Balaban J connectivity index is 1.64. The molecule has 0 amide bonds. The zero-order chi connectivity index (χ0) is 13.5. The number of nitrogens with one attached hydrogen (secondary N) is 1. The lowest BCUT2D eigenvalue weighted by atomic mass is 10.1. The van der Waals surface area contributed by atoms with Gasteiger partial charge in [0.05, 0.1) is 0 Å². The number of ether oxygens (including phenoxy) is 1. The average molecular weight is 261 g/mol. The van der Waals surface area contributed by atoms with Crippen molar-refractivity contribution < 1.29 is 9.53 Å². The summed E-state index contributed by atoms with van der Waals surface area (Å²) >= 11 is 0. The lowest BCUT2D eigenvalue weighted by Gasteiger charge is -2.19. The smallest absolute Gasteiger partial charge is 0.306 e. The van der Waals surface area contributed by atoms with Crippen LogP contribution in [-0.4, -0.2) is 24.7 Å². The van der Waals surface area contributed by atoms with Gasteiger partial charge in [-0.2, -0.15) is 0 Å². The number of benzene rings is 1. The van der Waals surface area contributed by atoms with Gasteiger partial charge in [-0.25, -0.2) is 0 Å². The van der Waals surface area contributed by atoms with E-state index >= 15 is 0 Å². The number of carbonyl (C=O) groups is 1. The molecule has 19 heavy (non-hydrogen) atoms. The minimum absolute atomic E-state index is 0.00766. The van der Waals surface area contributed by atoms with E-state index in [9.17, 15) is 4.79 Å². The Kier molecular flexibility index (Phi) is 5.40. The molecule has 0 bridgehead atoms. The highest BCUT2D eigenvalue weighted by molar-refractivity contribution is 5.69. The van der Waals surface area contributed by atoms with Crippen LogP contribution in [0.15, 0.2) is 30.3 Å². The van der Waals surface area contributed by atoms with E-state index in [4.69, 9.17) is 4.74 Å². The van der Waals surface area contributed by atoms with Crippen LogP contribution in [0.1, 0.15) is 38.2 Å². The number of aryl methyl sites for hydroxylation is 1. The van der Waals surface area contributed by atoms with Crippen LogP contribution in [0.25, 0.3) is 0 Å². The summed E-state index contributed by atoms with van der Waals surface area (Å²) in [6.45, 7) is 3.03. The maximum Gasteiger partial charge on any atom is 0.306 e. The summed E-state index contributed by atoms with van der Waals surface area (Å²) < 4.78 is 5.47. The van der Waals surface area contributed by atoms with Crippen LogP contribution in [0.4, 0.5) is 0 Å². The van der Waals surface area contributed by atoms with Gasteiger partial charge in [-0.05, 0) is 44.7 Å². The Bertz CT molecular complexity index is 385. The first-order valence-electron chi connectivity index (χ1n) is 7.22. The normalized spacial score (nSPS) is 20.2. The van der Waals surface area contributed by atoms with Crippen molar-refractivity contribution in [3.05, 3.63) is 35.9 Å². The van der Waals surface area contributed by atoms with Gasteiger partial charge in [0.15, 0.2) is 0 Å². The van der Waals surface area contributed by atoms with Crippen molar-refractivity contribution in [3.8, 4) is 0 Å². The molecule has 1 aromatic rings. The number of hydrogen-bond donors (Lipinski definition) is 1. The minimum Gasteiger partial charge on any atom is -0.461 e. The van der Waals surface area contributed by atoms with E-state index in [1.54, 1.807) is 0 Å². The van der Waals surface area contributed by atoms with Crippen molar-refractivity contribution in [1.29, 1.82) is 0 Å². The predicted molar refractivity (Wildman–Crippen MR) is 76.0 cm³/mol. The molecule has 1 N–H and O–H groups in total. The standard InChI is InChI=1S/C16H23NO2/c1-13(15-10-6-12-17-15)19-16(18)11-5-9-14-7-3-2-4-8-14/h2-4,7-8,13,15,17H,5-6,9-12H2,1H3. The molecule has 0 radical (unpaired) electrons. The predicted octanol–water partition coefficient (Wildman–Crippen LogP) is 2.69. The first-order chi connectivity index (χ1) is 9.25. The highest BCUT2D eigenvalue weighted by Gasteiger charge is 2.23. The van der Waals surface area contributed by atoms with Crippen LogP contribution >= 0.6 is 0 Å². The van der Waals surface area contributed by atoms with Crippen molar-refractivity contribution in [2.45, 2.75) is 51.2 Å². The van der Waals surface area contributed by atoms with Crippen molar-refractivity contribution in [3.63, 3.8) is 0 Å². The van der Waals surface area contributed by atoms with Crippen molar-refractivity contribution in [2.24, 2.45) is 0 Å². The molecule has 104 valence electrons. The number of carbonyl (C=O) groups excluding carboxylic acids is 1. The third-order valence-corrected chi connectivity index (χ3v) is 3.67. The Morgan fingerprint density at radius 2 is 2.21 bits per heavy atom. The number of esters is 1. The van der Waals surface area contributed by atoms with Crippen LogP contribution in [0.3, 0.4) is 0 Å². The van der Waals surface area contributed by atoms with E-state index in [-0.39, 0.29) is 12.1 Å². The summed E-state index contributed by atoms with van der Waals surface area (Å²) in [5, 5.41) is 3.37. The molecule has 0 aliphatic carbocycles. The van der Waals surface area contributed by atoms with E-state index in [1.807, 2.05) is 25.1 Å². The van der Waals surface area contributed by atoms with Gasteiger partial charge in [-0.3, -0.25) is 4.79 Å². The molecular formula is C16H23NO2. The minimum atomic E-state index is -0.0721. The van der Waals surface area contributed by atoms with Gasteiger partial charge in [0.25, 0.3) is 0 Å². The molecule has 1 heterocycles. The zero-order valence-corrected chi connectivity index (χ0v) is 11.6. The average Bonchev–Trinajstić information content (AvgIpc) is 2.94. The summed E-state index contributed by atoms with van der Waals surface area (Å²) in [5.41, 5.74) is 1.28. The Morgan fingerprint density at radius 1 is 1.42 bits per heavy atom. The second-order valence-corrected chi connectivity index (χ2v) is 5.24. The molecule has 2 atom stereocenters. The van der Waals surface area contributed by atoms with Gasteiger partial charge in [0.1, 0.15) is 6.10 Å². The molecule has 0 saturated carbocycles. The van der Waals surface area contributed by atoms with Crippen LogP contribution in [0, 0.1) is 0 Å². The van der Waals surface area contributed by atoms with Gasteiger partial charge in [-0.15, -0.1) is 0 Å². The molecule has 3 heteroatoms. The maximum atomic E-state index is 11.8. The van der Waals surface area contributed by atoms with Crippen molar-refractivity contribution in [2.75, 3.05) is 6.54 Å². The van der Waals surface area contributed by atoms with Crippen LogP contribution < -0.4 is 5.32 Å². The number of rotatable bonds is 6. The van der Waals surface area contributed by atoms with Gasteiger partial charge in [0.2, 0.25) is 0 Å². The molecule has 2 unspecified atom stereocenters. The molecule has 3 nitrogen and oxygen atoms in total. The second-order valence-electron chi connectivity index (χ2n) is 5.24. The van der Waals surface area contributed by atoms with Crippen molar-refractivity contribution >= 4 is 5.97 Å². The molecule has 2 rings (SSSR count). The van der Waals surface area contributed by atoms with Gasteiger partial charge in [0, 0.05) is 12.5 Å². The molecule has 1 saturated heterocycles. The quantitative estimate of drug-likeness (QED) is 0.800. The Morgan fingerprint density at radius 3 is 2.89 bits per heavy atom. The topological polar surface area (TPSA) is 38.3 Å². The van der Waals surface area contributed by atoms with Gasteiger partial charge < -0.3 is 10.1 Å². The van der Waals surface area contributed by atoms with E-state index in [0.717, 1.165) is 25.8 Å². The second kappa shape index (κ2) is 7.29. The lowest BCUT2D eigenvalue weighted by molar-refractivity contribution is -0.149. The van der Waals surface area contributed by atoms with Gasteiger partial charge in [-0.1, -0.05) is 30.3 Å². The Hall–Kier alpha value is -1.35. The summed E-state index contributed by atoms with van der Waals surface area (Å²) in [7, 11) is 0. The lowest BCUT2D eigenvalue weighted by Crippen LogP contribution is -2.36. The summed E-state index contributed by atoms with van der Waals surface area (Å²) in [6.07, 6.45) is 4.58. The molecule has 1 fully saturated rings. The van der Waals surface area contributed by atoms with Crippen LogP contribution in [0.5, 0.6) is 0 Å². The van der Waals surface area contributed by atoms with E-state index in [0.29, 0.717) is 12.5 Å². The molecule has 1 aliphatic heterocycles. The summed E-state index contributed by atoms with van der Waals surface area (Å²) in [4.78, 5) is 11.8. The molecular weight excluding hydrogens is 238 g/mol.